The van der Waals surface area contributed by atoms with Crippen LogP contribution >= 0.6 is 0 Å². The van der Waals surface area contributed by atoms with Crippen molar-refractivity contribution in [2.75, 3.05) is 19.0 Å². The van der Waals surface area contributed by atoms with Crippen LogP contribution in [0.15, 0.2) is 33.5 Å². The molecule has 0 saturated carbocycles. The van der Waals surface area contributed by atoms with Crippen LogP contribution in [0.5, 0.6) is 0 Å². The van der Waals surface area contributed by atoms with E-state index in [0.717, 1.165) is 0 Å². The van der Waals surface area contributed by atoms with Gasteiger partial charge in [0.1, 0.15) is 0 Å². The Kier molecular flexibility index (Phi) is 2.38. The van der Waals surface area contributed by atoms with E-state index in [1.54, 1.807) is 24.5 Å². The maximum atomic E-state index is 11.7. The van der Waals surface area contributed by atoms with Crippen molar-refractivity contribution in [2.45, 2.75) is 4.90 Å². The molecule has 0 radical (unpaired) electrons. The normalized spacial score (nSPS) is 15.2. The molecule has 0 heterocycles. The molecule has 0 saturated heterocycles. The number of hydrogen-bond acceptors (Lipinski definition) is 3. The van der Waals surface area contributed by atoms with Crippen molar-refractivity contribution in [1.82, 2.24) is 0 Å². The van der Waals surface area contributed by atoms with E-state index in [2.05, 4.69) is 4.36 Å². The maximum absolute atomic E-state index is 11.7. The largest absolute Gasteiger partial charge is 0.398 e. The predicted octanol–water partition coefficient (Wildman–Crippen LogP) is 1.36. The summed E-state index contributed by atoms with van der Waals surface area (Å²) in [7, 11) is -0.742. The van der Waals surface area contributed by atoms with Gasteiger partial charge < -0.3 is 5.73 Å². The van der Waals surface area contributed by atoms with Crippen molar-refractivity contribution in [3.8, 4) is 0 Å². The fraction of sp³-hybridized carbons (Fsp3) is 0.250. The fourth-order valence-electron chi connectivity index (χ4n) is 0.924. The summed E-state index contributed by atoms with van der Waals surface area (Å²) in [6.45, 7) is 0. The average Bonchev–Trinajstić information content (AvgIpc) is 2.05. The molecule has 4 heteroatoms. The number of nitrogens with zero attached hydrogens (tertiary/aromatic N) is 1. The molecule has 1 rings (SSSR count). The van der Waals surface area contributed by atoms with Gasteiger partial charge >= 0.3 is 0 Å². The minimum atomic E-state index is -2.28. The summed E-state index contributed by atoms with van der Waals surface area (Å²) < 4.78 is 15.5. The second-order valence-electron chi connectivity index (χ2n) is 2.52. The molecule has 1 atom stereocenters. The number of nitrogens with two attached hydrogens (primary N) is 1. The molecule has 1 aromatic carbocycles. The summed E-state index contributed by atoms with van der Waals surface area (Å²) in [4.78, 5) is 0.618. The molecule has 0 amide bonds. The summed E-state index contributed by atoms with van der Waals surface area (Å²) in [5, 5.41) is 0. The molecule has 2 N–H and O–H groups in total. The zero-order valence-electron chi connectivity index (χ0n) is 7.15. The molecule has 0 aromatic heterocycles. The highest BCUT2D eigenvalue weighted by Gasteiger charge is 2.06. The van der Waals surface area contributed by atoms with E-state index < -0.39 is 9.73 Å². The highest BCUT2D eigenvalue weighted by molar-refractivity contribution is 7.93. The molecular weight excluding hydrogens is 172 g/mol. The van der Waals surface area contributed by atoms with E-state index in [1.165, 1.54) is 7.05 Å². The SMILES string of the molecule is CN=S(C)(=O)c1ccccc1N. The first-order valence-electron chi connectivity index (χ1n) is 3.52. The lowest BCUT2D eigenvalue weighted by Crippen LogP contribution is -2.01. The smallest absolute Gasteiger partial charge is 0.0740 e. The van der Waals surface area contributed by atoms with Crippen molar-refractivity contribution in [2.24, 2.45) is 4.36 Å². The predicted molar refractivity (Wildman–Crippen MR) is 51.5 cm³/mol. The summed E-state index contributed by atoms with van der Waals surface area (Å²) in [5.74, 6) is 0. The Morgan fingerprint density at radius 3 is 2.50 bits per heavy atom. The number of para-hydroxylation sites is 1. The molecule has 0 aliphatic rings. The molecule has 12 heavy (non-hydrogen) atoms. The number of benzene rings is 1. The summed E-state index contributed by atoms with van der Waals surface area (Å²) in [6.07, 6.45) is 1.58. The van der Waals surface area contributed by atoms with Gasteiger partial charge in [-0.25, -0.2) is 8.57 Å². The van der Waals surface area contributed by atoms with E-state index in [4.69, 9.17) is 5.73 Å². The van der Waals surface area contributed by atoms with Crippen LogP contribution in [0.1, 0.15) is 0 Å². The molecular formula is C8H12N2OS. The number of rotatable bonds is 1. The van der Waals surface area contributed by atoms with E-state index in [-0.39, 0.29) is 0 Å². The third-order valence-corrected chi connectivity index (χ3v) is 3.56. The minimum absolute atomic E-state index is 0.538. The Hall–Kier alpha value is -1.03. The van der Waals surface area contributed by atoms with Crippen molar-refractivity contribution in [1.29, 1.82) is 0 Å². The third kappa shape index (κ3) is 1.58. The molecule has 0 aliphatic heterocycles. The van der Waals surface area contributed by atoms with Gasteiger partial charge in [0.2, 0.25) is 0 Å². The first-order chi connectivity index (χ1) is 5.58. The Morgan fingerprint density at radius 2 is 2.00 bits per heavy atom. The van der Waals surface area contributed by atoms with Crippen LogP contribution in [0.3, 0.4) is 0 Å². The zero-order valence-corrected chi connectivity index (χ0v) is 7.97. The summed E-state index contributed by atoms with van der Waals surface area (Å²) in [6, 6.07) is 7.08. The highest BCUT2D eigenvalue weighted by atomic mass is 32.2. The van der Waals surface area contributed by atoms with Crippen molar-refractivity contribution in [3.05, 3.63) is 24.3 Å². The van der Waals surface area contributed by atoms with Gasteiger partial charge in [-0.15, -0.1) is 0 Å². The third-order valence-electron chi connectivity index (χ3n) is 1.68. The van der Waals surface area contributed by atoms with E-state index >= 15 is 0 Å². The summed E-state index contributed by atoms with van der Waals surface area (Å²) in [5.41, 5.74) is 6.18. The van der Waals surface area contributed by atoms with Gasteiger partial charge in [0.25, 0.3) is 0 Å². The van der Waals surface area contributed by atoms with E-state index in [0.29, 0.717) is 10.6 Å². The lowest BCUT2D eigenvalue weighted by atomic mass is 10.3. The van der Waals surface area contributed by atoms with E-state index in [1.807, 2.05) is 6.07 Å². The minimum Gasteiger partial charge on any atom is -0.398 e. The molecule has 66 valence electrons. The zero-order chi connectivity index (χ0) is 9.19. The van der Waals surface area contributed by atoms with Crippen molar-refractivity contribution < 1.29 is 4.21 Å². The Morgan fingerprint density at radius 1 is 1.42 bits per heavy atom. The van der Waals surface area contributed by atoms with Gasteiger partial charge in [-0.3, -0.25) is 0 Å². The topological polar surface area (TPSA) is 55.5 Å². The van der Waals surface area contributed by atoms with Crippen LogP contribution in [0, 0.1) is 0 Å². The Labute approximate surface area is 72.8 Å². The molecule has 1 unspecified atom stereocenters. The Balaban J connectivity index is 3.40. The lowest BCUT2D eigenvalue weighted by molar-refractivity contribution is 0.680. The quantitative estimate of drug-likeness (QED) is 0.670. The first-order valence-corrected chi connectivity index (χ1v) is 5.45. The monoisotopic (exact) mass is 184 g/mol. The van der Waals surface area contributed by atoms with Gasteiger partial charge in [0, 0.05) is 19.0 Å². The average molecular weight is 184 g/mol. The van der Waals surface area contributed by atoms with Gasteiger partial charge in [-0.05, 0) is 12.1 Å². The second-order valence-corrected chi connectivity index (χ2v) is 4.93. The van der Waals surface area contributed by atoms with Gasteiger partial charge in [0.05, 0.1) is 14.6 Å². The molecule has 1 aromatic rings. The first kappa shape index (κ1) is 9.06. The van der Waals surface area contributed by atoms with Gasteiger partial charge in [0.15, 0.2) is 0 Å². The van der Waals surface area contributed by atoms with E-state index in [9.17, 15) is 4.21 Å². The molecule has 0 aliphatic carbocycles. The van der Waals surface area contributed by atoms with Gasteiger partial charge in [-0.2, -0.15) is 0 Å². The van der Waals surface area contributed by atoms with Crippen LogP contribution < -0.4 is 5.73 Å². The molecule has 0 bridgehead atoms. The van der Waals surface area contributed by atoms with Crippen LogP contribution in [-0.2, 0) is 9.73 Å². The maximum Gasteiger partial charge on any atom is 0.0740 e. The molecule has 0 fully saturated rings. The lowest BCUT2D eigenvalue weighted by Gasteiger charge is -2.05. The summed E-state index contributed by atoms with van der Waals surface area (Å²) >= 11 is 0. The fourth-order valence-corrected chi connectivity index (χ4v) is 1.96. The molecule has 3 nitrogen and oxygen atoms in total. The van der Waals surface area contributed by atoms with Crippen LogP contribution in [-0.4, -0.2) is 17.5 Å². The van der Waals surface area contributed by atoms with Crippen LogP contribution in [0.25, 0.3) is 0 Å². The number of nitrogen functional groups attached to an aromatic ring is 1. The highest BCUT2D eigenvalue weighted by Crippen LogP contribution is 2.18. The van der Waals surface area contributed by atoms with Gasteiger partial charge in [-0.1, -0.05) is 12.1 Å². The molecule has 0 spiro atoms. The second kappa shape index (κ2) is 3.15. The van der Waals surface area contributed by atoms with Crippen LogP contribution in [0.2, 0.25) is 0 Å². The van der Waals surface area contributed by atoms with Crippen molar-refractivity contribution >= 4 is 15.4 Å². The standard InChI is InChI=1S/C8H12N2OS/c1-10-12(2,11)8-6-4-3-5-7(8)9/h3-6H,9H2,1-2H3. The Bertz CT molecular complexity index is 392. The van der Waals surface area contributed by atoms with Crippen molar-refractivity contribution in [3.63, 3.8) is 0 Å². The number of anilines is 1. The van der Waals surface area contributed by atoms with Crippen LogP contribution in [0.4, 0.5) is 5.69 Å². The number of hydrogen-bond donors (Lipinski definition) is 1.